The maximum Gasteiger partial charge on any atom is 0.314 e. The Kier molecular flexibility index (Phi) is 3.56. The third-order valence-electron chi connectivity index (χ3n) is 2.45. The molecule has 1 saturated carbocycles. The van der Waals surface area contributed by atoms with E-state index in [-0.39, 0.29) is 12.6 Å². The predicted octanol–water partition coefficient (Wildman–Crippen LogP) is 0.174. The molecule has 0 saturated heterocycles. The van der Waals surface area contributed by atoms with E-state index in [1.807, 2.05) is 0 Å². The van der Waals surface area contributed by atoms with Crippen molar-refractivity contribution in [3.05, 3.63) is 0 Å². The molecule has 0 spiro atoms. The van der Waals surface area contributed by atoms with Gasteiger partial charge >= 0.3 is 12.0 Å². The van der Waals surface area contributed by atoms with Crippen LogP contribution in [0.4, 0.5) is 4.79 Å². The Morgan fingerprint density at radius 2 is 2.07 bits per heavy atom. The number of hydrogen-bond donors (Lipinski definition) is 3. The van der Waals surface area contributed by atoms with Crippen molar-refractivity contribution in [1.82, 2.24) is 10.6 Å². The van der Waals surface area contributed by atoms with Gasteiger partial charge in [-0.2, -0.15) is 0 Å². The number of nitrogens with one attached hydrogen (secondary N) is 2. The second-order valence-corrected chi connectivity index (χ2v) is 3.65. The van der Waals surface area contributed by atoms with Crippen LogP contribution in [0.1, 0.15) is 19.3 Å². The third-order valence-corrected chi connectivity index (χ3v) is 2.45. The highest BCUT2D eigenvalue weighted by Gasteiger charge is 2.50. The van der Waals surface area contributed by atoms with Crippen LogP contribution in [-0.2, 0) is 4.79 Å². The van der Waals surface area contributed by atoms with Gasteiger partial charge in [0.2, 0.25) is 0 Å². The molecule has 1 aliphatic rings. The Balaban J connectivity index is 2.18. The number of rotatable bonds is 5. The van der Waals surface area contributed by atoms with E-state index in [0.29, 0.717) is 25.8 Å². The maximum absolute atomic E-state index is 11.1. The fourth-order valence-electron chi connectivity index (χ4n) is 1.18. The van der Waals surface area contributed by atoms with E-state index in [9.17, 15) is 9.59 Å². The van der Waals surface area contributed by atoms with Gasteiger partial charge in [-0.1, -0.05) is 0 Å². The van der Waals surface area contributed by atoms with Crippen molar-refractivity contribution in [2.24, 2.45) is 5.41 Å². The fraction of sp³-hybridized carbons (Fsp3) is 0.600. The minimum atomic E-state index is -0.841. The molecule has 1 aliphatic carbocycles. The molecule has 0 aromatic heterocycles. The molecule has 3 N–H and O–H groups in total. The Hall–Kier alpha value is -1.70. The molecule has 0 radical (unpaired) electrons. The van der Waals surface area contributed by atoms with E-state index in [1.165, 1.54) is 0 Å². The summed E-state index contributed by atoms with van der Waals surface area (Å²) in [6.07, 6.45) is 6.74. The van der Waals surface area contributed by atoms with E-state index in [0.717, 1.165) is 0 Å². The molecular weight excluding hydrogens is 196 g/mol. The standard InChI is InChI=1S/C10H14N2O3/c1-2-3-6-11-9(15)12-7-10(4-5-10)8(13)14/h1H,3-7H2,(H,13,14)(H2,11,12,15). The highest BCUT2D eigenvalue weighted by Crippen LogP contribution is 2.45. The van der Waals surface area contributed by atoms with Gasteiger partial charge in [-0.25, -0.2) is 4.79 Å². The summed E-state index contributed by atoms with van der Waals surface area (Å²) in [5.41, 5.74) is -0.719. The smallest absolute Gasteiger partial charge is 0.314 e. The van der Waals surface area contributed by atoms with Crippen LogP contribution in [0.25, 0.3) is 0 Å². The molecule has 0 bridgehead atoms. The molecule has 0 atom stereocenters. The zero-order chi connectivity index (χ0) is 11.3. The lowest BCUT2D eigenvalue weighted by Crippen LogP contribution is -2.40. The highest BCUT2D eigenvalue weighted by molar-refractivity contribution is 5.80. The van der Waals surface area contributed by atoms with Gasteiger partial charge in [-0.05, 0) is 12.8 Å². The molecule has 0 aliphatic heterocycles. The summed E-state index contributed by atoms with van der Waals surface area (Å²) >= 11 is 0. The number of carbonyl (C=O) groups excluding carboxylic acids is 1. The zero-order valence-corrected chi connectivity index (χ0v) is 8.38. The van der Waals surface area contributed by atoms with Gasteiger partial charge in [0.25, 0.3) is 0 Å². The number of terminal acetylenes is 1. The first kappa shape index (κ1) is 11.4. The van der Waals surface area contributed by atoms with E-state index in [2.05, 4.69) is 16.6 Å². The molecule has 2 amide bonds. The first-order chi connectivity index (χ1) is 7.10. The quantitative estimate of drug-likeness (QED) is 0.447. The molecule has 5 heteroatoms. The number of amides is 2. The van der Waals surface area contributed by atoms with Crippen molar-refractivity contribution in [2.45, 2.75) is 19.3 Å². The lowest BCUT2D eigenvalue weighted by atomic mass is 10.1. The van der Waals surface area contributed by atoms with Crippen LogP contribution in [0, 0.1) is 17.8 Å². The number of carbonyl (C=O) groups is 2. The van der Waals surface area contributed by atoms with Crippen LogP contribution in [0.3, 0.4) is 0 Å². The Morgan fingerprint density at radius 1 is 1.40 bits per heavy atom. The third kappa shape index (κ3) is 3.17. The van der Waals surface area contributed by atoms with Gasteiger partial charge in [-0.3, -0.25) is 4.79 Å². The molecule has 0 unspecified atom stereocenters. The maximum atomic E-state index is 11.1. The number of urea groups is 1. The topological polar surface area (TPSA) is 78.4 Å². The average Bonchev–Trinajstić information content (AvgIpc) is 2.96. The number of hydrogen-bond acceptors (Lipinski definition) is 2. The van der Waals surface area contributed by atoms with Crippen LogP contribution < -0.4 is 10.6 Å². The summed E-state index contributed by atoms with van der Waals surface area (Å²) in [5.74, 6) is 1.55. The van der Waals surface area contributed by atoms with Crippen molar-refractivity contribution in [3.63, 3.8) is 0 Å². The monoisotopic (exact) mass is 210 g/mol. The van der Waals surface area contributed by atoms with Crippen molar-refractivity contribution in [3.8, 4) is 12.3 Å². The summed E-state index contributed by atoms with van der Waals surface area (Å²) in [5, 5.41) is 13.9. The lowest BCUT2D eigenvalue weighted by Gasteiger charge is -2.11. The molecule has 0 aromatic carbocycles. The Bertz CT molecular complexity index is 302. The minimum absolute atomic E-state index is 0.185. The van der Waals surface area contributed by atoms with E-state index in [4.69, 9.17) is 11.5 Å². The molecule has 1 rings (SSSR count). The highest BCUT2D eigenvalue weighted by atomic mass is 16.4. The molecule has 1 fully saturated rings. The minimum Gasteiger partial charge on any atom is -0.481 e. The molecule has 5 nitrogen and oxygen atoms in total. The molecule has 15 heavy (non-hydrogen) atoms. The van der Waals surface area contributed by atoms with E-state index in [1.54, 1.807) is 0 Å². The molecule has 82 valence electrons. The Morgan fingerprint density at radius 3 is 2.53 bits per heavy atom. The van der Waals surface area contributed by atoms with E-state index < -0.39 is 11.4 Å². The molecular formula is C10H14N2O3. The zero-order valence-electron chi connectivity index (χ0n) is 8.38. The molecule has 0 aromatic rings. The van der Waals surface area contributed by atoms with Crippen LogP contribution >= 0.6 is 0 Å². The van der Waals surface area contributed by atoms with Crippen molar-refractivity contribution < 1.29 is 14.7 Å². The predicted molar refractivity (Wildman–Crippen MR) is 54.2 cm³/mol. The second-order valence-electron chi connectivity index (χ2n) is 3.65. The summed E-state index contributed by atoms with van der Waals surface area (Å²) in [6, 6.07) is -0.363. The lowest BCUT2D eigenvalue weighted by molar-refractivity contribution is -0.143. The normalized spacial score (nSPS) is 16.2. The largest absolute Gasteiger partial charge is 0.481 e. The average molecular weight is 210 g/mol. The van der Waals surface area contributed by atoms with Gasteiger partial charge in [0.1, 0.15) is 0 Å². The molecule has 0 heterocycles. The summed E-state index contributed by atoms with van der Waals surface area (Å²) in [6.45, 7) is 0.590. The van der Waals surface area contributed by atoms with Crippen molar-refractivity contribution in [1.29, 1.82) is 0 Å². The SMILES string of the molecule is C#CCCNC(=O)NCC1(C(=O)O)CC1. The van der Waals surface area contributed by atoms with Crippen LogP contribution in [-0.4, -0.2) is 30.2 Å². The van der Waals surface area contributed by atoms with Crippen molar-refractivity contribution in [2.75, 3.05) is 13.1 Å². The van der Waals surface area contributed by atoms with E-state index >= 15 is 0 Å². The van der Waals surface area contributed by atoms with Gasteiger partial charge in [-0.15, -0.1) is 12.3 Å². The van der Waals surface area contributed by atoms with Gasteiger partial charge < -0.3 is 15.7 Å². The van der Waals surface area contributed by atoms with Gasteiger partial charge in [0.15, 0.2) is 0 Å². The van der Waals surface area contributed by atoms with Crippen molar-refractivity contribution >= 4 is 12.0 Å². The summed E-state index contributed by atoms with van der Waals surface area (Å²) < 4.78 is 0. The first-order valence-electron chi connectivity index (χ1n) is 4.79. The first-order valence-corrected chi connectivity index (χ1v) is 4.79. The Labute approximate surface area is 88.2 Å². The number of carboxylic acids is 1. The fourth-order valence-corrected chi connectivity index (χ4v) is 1.18. The summed E-state index contributed by atoms with van der Waals surface area (Å²) in [7, 11) is 0. The number of aliphatic carboxylic acids is 1. The van der Waals surface area contributed by atoms with Crippen LogP contribution in [0.5, 0.6) is 0 Å². The second kappa shape index (κ2) is 4.69. The summed E-state index contributed by atoms with van der Waals surface area (Å²) in [4.78, 5) is 21.9. The van der Waals surface area contributed by atoms with Crippen LogP contribution in [0.2, 0.25) is 0 Å². The van der Waals surface area contributed by atoms with Gasteiger partial charge in [0, 0.05) is 19.5 Å². The van der Waals surface area contributed by atoms with Crippen LogP contribution in [0.15, 0.2) is 0 Å². The number of carboxylic acid groups (broad SMARTS) is 1. The van der Waals surface area contributed by atoms with Gasteiger partial charge in [0.05, 0.1) is 5.41 Å².